The summed E-state index contributed by atoms with van der Waals surface area (Å²) in [5.74, 6) is -0.00804. The summed E-state index contributed by atoms with van der Waals surface area (Å²) in [5, 5.41) is 7.44. The van der Waals surface area contributed by atoms with Crippen molar-refractivity contribution in [3.63, 3.8) is 0 Å². The molecule has 1 fully saturated rings. The maximum Gasteiger partial charge on any atom is 0.317 e. The van der Waals surface area contributed by atoms with E-state index in [1.165, 1.54) is 10.00 Å². The molecule has 1 aromatic heterocycles. The lowest BCUT2D eigenvalue weighted by Gasteiger charge is -2.35. The summed E-state index contributed by atoms with van der Waals surface area (Å²) in [5.41, 5.74) is 3.05. The minimum Gasteiger partial charge on any atom is -0.331 e. The SMILES string of the molecule is Cn1ncc2c1CCCC2NC(=O)N1CCN(S(=O)(=O)Cc2ccccc2)CC1. The van der Waals surface area contributed by atoms with Crippen LogP contribution in [0, 0.1) is 0 Å². The molecule has 4 rings (SSSR count). The lowest BCUT2D eigenvalue weighted by atomic mass is 9.93. The summed E-state index contributed by atoms with van der Waals surface area (Å²) in [6.07, 6.45) is 4.74. The van der Waals surface area contributed by atoms with Gasteiger partial charge in [-0.1, -0.05) is 30.3 Å². The number of amides is 2. The number of aryl methyl sites for hydroxylation is 1. The molecule has 2 aromatic rings. The molecule has 0 bridgehead atoms. The average Bonchev–Trinajstić information content (AvgIpc) is 3.10. The Bertz CT molecular complexity index is 965. The molecule has 1 aromatic carbocycles. The number of urea groups is 1. The van der Waals surface area contributed by atoms with Crippen LogP contribution in [-0.4, -0.2) is 59.6 Å². The Kier molecular flexibility index (Phi) is 5.60. The second kappa shape index (κ2) is 8.16. The van der Waals surface area contributed by atoms with E-state index in [0.29, 0.717) is 26.2 Å². The molecule has 2 aliphatic rings. The van der Waals surface area contributed by atoms with Crippen LogP contribution in [0.5, 0.6) is 0 Å². The minimum absolute atomic E-state index is 0.00804. The number of benzene rings is 1. The minimum atomic E-state index is -3.39. The fourth-order valence-corrected chi connectivity index (χ4v) is 5.66. The van der Waals surface area contributed by atoms with Gasteiger partial charge in [0.05, 0.1) is 18.0 Å². The first kappa shape index (κ1) is 19.9. The fourth-order valence-electron chi connectivity index (χ4n) is 4.14. The highest BCUT2D eigenvalue weighted by Crippen LogP contribution is 2.29. The Morgan fingerprint density at radius 1 is 1.17 bits per heavy atom. The van der Waals surface area contributed by atoms with Gasteiger partial charge in [-0.3, -0.25) is 4.68 Å². The second-order valence-electron chi connectivity index (χ2n) is 7.69. The van der Waals surface area contributed by atoms with Crippen LogP contribution in [0.1, 0.15) is 35.7 Å². The van der Waals surface area contributed by atoms with Crippen LogP contribution in [0.4, 0.5) is 4.79 Å². The predicted octanol–water partition coefficient (Wildman–Crippen LogP) is 1.65. The van der Waals surface area contributed by atoms with E-state index in [4.69, 9.17) is 0 Å². The van der Waals surface area contributed by atoms with E-state index in [2.05, 4.69) is 10.4 Å². The van der Waals surface area contributed by atoms with E-state index < -0.39 is 10.0 Å². The zero-order valence-electron chi connectivity index (χ0n) is 16.6. The largest absolute Gasteiger partial charge is 0.331 e. The van der Waals surface area contributed by atoms with Crippen LogP contribution in [0.25, 0.3) is 0 Å². The van der Waals surface area contributed by atoms with Gasteiger partial charge in [-0.25, -0.2) is 13.2 Å². The standard InChI is InChI=1S/C20H27N5O3S/c1-23-19-9-5-8-18(17(19)14-21-23)22-20(26)24-10-12-25(13-11-24)29(27,28)15-16-6-3-2-4-7-16/h2-4,6-7,14,18H,5,8-13,15H2,1H3,(H,22,26). The number of aromatic nitrogens is 2. The van der Waals surface area contributed by atoms with Crippen molar-refractivity contribution in [2.45, 2.75) is 31.1 Å². The Labute approximate surface area is 171 Å². The highest BCUT2D eigenvalue weighted by Gasteiger charge is 2.31. The van der Waals surface area contributed by atoms with E-state index in [1.54, 1.807) is 4.90 Å². The van der Waals surface area contributed by atoms with Crippen molar-refractivity contribution in [3.05, 3.63) is 53.3 Å². The van der Waals surface area contributed by atoms with Crippen molar-refractivity contribution in [2.24, 2.45) is 7.05 Å². The predicted molar refractivity (Wildman–Crippen MR) is 110 cm³/mol. The van der Waals surface area contributed by atoms with Gasteiger partial charge >= 0.3 is 6.03 Å². The summed E-state index contributed by atoms with van der Waals surface area (Å²) in [7, 11) is -1.46. The van der Waals surface area contributed by atoms with Gasteiger partial charge < -0.3 is 10.2 Å². The first-order chi connectivity index (χ1) is 13.9. The molecule has 1 unspecified atom stereocenters. The van der Waals surface area contributed by atoms with Crippen molar-refractivity contribution < 1.29 is 13.2 Å². The molecule has 0 saturated carbocycles. The number of sulfonamides is 1. The molecular weight excluding hydrogens is 390 g/mol. The molecule has 0 radical (unpaired) electrons. The van der Waals surface area contributed by atoms with Gasteiger partial charge in [-0.2, -0.15) is 9.40 Å². The Hall–Kier alpha value is -2.39. The third kappa shape index (κ3) is 4.30. The first-order valence-corrected chi connectivity index (χ1v) is 11.6. The van der Waals surface area contributed by atoms with E-state index in [0.717, 1.165) is 30.4 Å². The van der Waals surface area contributed by atoms with Gasteiger partial charge in [-0.05, 0) is 24.8 Å². The fraction of sp³-hybridized carbons (Fsp3) is 0.500. The molecule has 2 heterocycles. The summed E-state index contributed by atoms with van der Waals surface area (Å²) in [6, 6.07) is 9.02. The molecule has 2 amide bonds. The maximum absolute atomic E-state index is 12.7. The summed E-state index contributed by atoms with van der Waals surface area (Å²) in [6.45, 7) is 1.44. The van der Waals surface area contributed by atoms with E-state index >= 15 is 0 Å². The van der Waals surface area contributed by atoms with Crippen molar-refractivity contribution in [2.75, 3.05) is 26.2 Å². The Balaban J connectivity index is 1.33. The Morgan fingerprint density at radius 3 is 2.62 bits per heavy atom. The number of nitrogens with one attached hydrogen (secondary N) is 1. The summed E-state index contributed by atoms with van der Waals surface area (Å²) in [4.78, 5) is 14.5. The summed E-state index contributed by atoms with van der Waals surface area (Å²) < 4.78 is 28.7. The highest BCUT2D eigenvalue weighted by atomic mass is 32.2. The number of rotatable bonds is 4. The highest BCUT2D eigenvalue weighted by molar-refractivity contribution is 7.88. The monoisotopic (exact) mass is 417 g/mol. The first-order valence-electron chi connectivity index (χ1n) is 10.0. The van der Waals surface area contributed by atoms with Gasteiger partial charge in [0.15, 0.2) is 0 Å². The van der Waals surface area contributed by atoms with Gasteiger partial charge in [0.2, 0.25) is 10.0 Å². The van der Waals surface area contributed by atoms with Gasteiger partial charge in [0.25, 0.3) is 0 Å². The van der Waals surface area contributed by atoms with E-state index in [-0.39, 0.29) is 17.8 Å². The van der Waals surface area contributed by atoms with Gasteiger partial charge in [0, 0.05) is 44.5 Å². The molecule has 0 spiro atoms. The summed E-state index contributed by atoms with van der Waals surface area (Å²) >= 11 is 0. The van der Waals surface area contributed by atoms with Crippen LogP contribution >= 0.6 is 0 Å². The molecule has 1 N–H and O–H groups in total. The normalized spacial score (nSPS) is 20.3. The Morgan fingerprint density at radius 2 is 1.90 bits per heavy atom. The second-order valence-corrected chi connectivity index (χ2v) is 9.66. The molecule has 1 aliphatic carbocycles. The molecular formula is C20H27N5O3S. The number of hydrogen-bond acceptors (Lipinski definition) is 4. The lowest BCUT2D eigenvalue weighted by molar-refractivity contribution is 0.168. The number of carbonyl (C=O) groups excluding carboxylic acids is 1. The van der Waals surface area contributed by atoms with Crippen molar-refractivity contribution in [3.8, 4) is 0 Å². The van der Waals surface area contributed by atoms with Crippen LogP contribution < -0.4 is 5.32 Å². The van der Waals surface area contributed by atoms with E-state index in [1.807, 2.05) is 48.3 Å². The molecule has 8 nitrogen and oxygen atoms in total. The third-order valence-electron chi connectivity index (χ3n) is 5.78. The maximum atomic E-state index is 12.7. The zero-order chi connectivity index (χ0) is 20.4. The number of hydrogen-bond donors (Lipinski definition) is 1. The van der Waals surface area contributed by atoms with Crippen molar-refractivity contribution in [1.29, 1.82) is 0 Å². The molecule has 156 valence electrons. The van der Waals surface area contributed by atoms with Gasteiger partial charge in [0.1, 0.15) is 0 Å². The van der Waals surface area contributed by atoms with Crippen molar-refractivity contribution in [1.82, 2.24) is 24.3 Å². The molecule has 9 heteroatoms. The lowest BCUT2D eigenvalue weighted by Crippen LogP contribution is -2.53. The van der Waals surface area contributed by atoms with Crippen LogP contribution in [0.15, 0.2) is 36.5 Å². The van der Waals surface area contributed by atoms with Crippen LogP contribution in [0.2, 0.25) is 0 Å². The topological polar surface area (TPSA) is 87.5 Å². The molecule has 1 aliphatic heterocycles. The van der Waals surface area contributed by atoms with Gasteiger partial charge in [-0.15, -0.1) is 0 Å². The number of piperazine rings is 1. The van der Waals surface area contributed by atoms with Crippen LogP contribution in [-0.2, 0) is 29.2 Å². The quantitative estimate of drug-likeness (QED) is 0.820. The molecule has 1 saturated heterocycles. The molecule has 1 atom stereocenters. The molecule has 29 heavy (non-hydrogen) atoms. The average molecular weight is 418 g/mol. The number of carbonyl (C=O) groups is 1. The number of fused-ring (bicyclic) bond motifs is 1. The smallest absolute Gasteiger partial charge is 0.317 e. The van der Waals surface area contributed by atoms with Crippen molar-refractivity contribution >= 4 is 16.1 Å². The van der Waals surface area contributed by atoms with E-state index in [9.17, 15) is 13.2 Å². The number of nitrogens with zero attached hydrogens (tertiary/aromatic N) is 4. The van der Waals surface area contributed by atoms with Crippen LogP contribution in [0.3, 0.4) is 0 Å². The third-order valence-corrected chi connectivity index (χ3v) is 7.63. The zero-order valence-corrected chi connectivity index (χ0v) is 17.4.